The highest BCUT2D eigenvalue weighted by Gasteiger charge is 2.16. The molecule has 0 aromatic carbocycles. The first-order valence-electron chi connectivity index (χ1n) is 4.74. The van der Waals surface area contributed by atoms with Gasteiger partial charge in [0.2, 0.25) is 5.91 Å². The molecular weight excluding hydrogens is 152 g/mol. The van der Waals surface area contributed by atoms with Crippen molar-refractivity contribution in [3.05, 3.63) is 0 Å². The summed E-state index contributed by atoms with van der Waals surface area (Å²) in [5.74, 6) is 1.01. The maximum absolute atomic E-state index is 10.8. The van der Waals surface area contributed by atoms with Crippen molar-refractivity contribution in [3.8, 4) is 0 Å². The topological polar surface area (TPSA) is 41.1 Å². The third kappa shape index (κ3) is 3.22. The lowest BCUT2D eigenvalue weighted by Crippen LogP contribution is -2.32. The van der Waals surface area contributed by atoms with Crippen LogP contribution < -0.4 is 10.6 Å². The minimum absolute atomic E-state index is 0.0728. The van der Waals surface area contributed by atoms with E-state index < -0.39 is 0 Å². The van der Waals surface area contributed by atoms with Crippen LogP contribution in [0.25, 0.3) is 0 Å². The molecule has 3 nitrogen and oxygen atoms in total. The highest BCUT2D eigenvalue weighted by atomic mass is 16.1. The van der Waals surface area contributed by atoms with Gasteiger partial charge in [0, 0.05) is 7.05 Å². The molecule has 0 atom stereocenters. The molecule has 12 heavy (non-hydrogen) atoms. The number of carbonyl (C=O) groups excluding carboxylic acids is 1. The van der Waals surface area contributed by atoms with Crippen LogP contribution in [0.15, 0.2) is 0 Å². The van der Waals surface area contributed by atoms with Gasteiger partial charge >= 0.3 is 0 Å². The molecule has 0 bridgehead atoms. The van der Waals surface area contributed by atoms with Gasteiger partial charge in [-0.25, -0.2) is 0 Å². The van der Waals surface area contributed by atoms with Crippen molar-refractivity contribution < 1.29 is 4.79 Å². The number of nitrogens with one attached hydrogen (secondary N) is 2. The van der Waals surface area contributed by atoms with Gasteiger partial charge in [-0.2, -0.15) is 0 Å². The van der Waals surface area contributed by atoms with Crippen LogP contribution in [-0.2, 0) is 4.79 Å². The number of amides is 1. The van der Waals surface area contributed by atoms with Crippen LogP contribution in [0, 0.1) is 5.92 Å². The SMILES string of the molecule is CNC(=O)CNCCC1CCC1. The average Bonchev–Trinajstić information content (AvgIpc) is 2.00. The Kier molecular flexibility index (Phi) is 4.08. The third-order valence-electron chi connectivity index (χ3n) is 2.52. The van der Waals surface area contributed by atoms with Gasteiger partial charge < -0.3 is 10.6 Å². The van der Waals surface area contributed by atoms with Gasteiger partial charge in [0.05, 0.1) is 6.54 Å². The molecule has 0 saturated heterocycles. The fraction of sp³-hybridized carbons (Fsp3) is 0.889. The minimum Gasteiger partial charge on any atom is -0.358 e. The fourth-order valence-corrected chi connectivity index (χ4v) is 1.38. The number of hydrogen-bond acceptors (Lipinski definition) is 2. The largest absolute Gasteiger partial charge is 0.358 e. The monoisotopic (exact) mass is 170 g/mol. The predicted molar refractivity (Wildman–Crippen MR) is 48.9 cm³/mol. The summed E-state index contributed by atoms with van der Waals surface area (Å²) in [4.78, 5) is 10.8. The smallest absolute Gasteiger partial charge is 0.233 e. The highest BCUT2D eigenvalue weighted by molar-refractivity contribution is 5.77. The molecule has 70 valence electrons. The Morgan fingerprint density at radius 3 is 2.75 bits per heavy atom. The van der Waals surface area contributed by atoms with Crippen molar-refractivity contribution in [1.29, 1.82) is 0 Å². The van der Waals surface area contributed by atoms with Gasteiger partial charge in [-0.1, -0.05) is 19.3 Å². The van der Waals surface area contributed by atoms with E-state index in [-0.39, 0.29) is 5.91 Å². The zero-order valence-electron chi connectivity index (χ0n) is 7.73. The summed E-state index contributed by atoms with van der Waals surface area (Å²) in [5.41, 5.74) is 0. The lowest BCUT2D eigenvalue weighted by Gasteiger charge is -2.25. The second-order valence-electron chi connectivity index (χ2n) is 3.44. The summed E-state index contributed by atoms with van der Waals surface area (Å²) < 4.78 is 0. The minimum atomic E-state index is 0.0728. The first-order chi connectivity index (χ1) is 5.83. The van der Waals surface area contributed by atoms with Crippen molar-refractivity contribution in [2.75, 3.05) is 20.1 Å². The lowest BCUT2D eigenvalue weighted by atomic mass is 9.83. The Morgan fingerprint density at radius 2 is 2.25 bits per heavy atom. The van der Waals surface area contributed by atoms with E-state index in [4.69, 9.17) is 0 Å². The average molecular weight is 170 g/mol. The Labute approximate surface area is 73.9 Å². The summed E-state index contributed by atoms with van der Waals surface area (Å²) in [5, 5.41) is 5.70. The molecule has 1 aliphatic carbocycles. The molecule has 1 aliphatic rings. The highest BCUT2D eigenvalue weighted by Crippen LogP contribution is 2.28. The van der Waals surface area contributed by atoms with Crippen LogP contribution >= 0.6 is 0 Å². The van der Waals surface area contributed by atoms with Gasteiger partial charge in [0.1, 0.15) is 0 Å². The second-order valence-corrected chi connectivity index (χ2v) is 3.44. The maximum atomic E-state index is 10.8. The van der Waals surface area contributed by atoms with Crippen molar-refractivity contribution >= 4 is 5.91 Å². The molecule has 0 aromatic heterocycles. The molecule has 1 fully saturated rings. The number of likely N-dealkylation sites (N-methyl/N-ethyl adjacent to an activating group) is 1. The Bertz CT molecular complexity index is 143. The van der Waals surface area contributed by atoms with Crippen molar-refractivity contribution in [1.82, 2.24) is 10.6 Å². The summed E-state index contributed by atoms with van der Waals surface area (Å²) in [6, 6.07) is 0. The number of rotatable bonds is 5. The molecule has 0 spiro atoms. The fourth-order valence-electron chi connectivity index (χ4n) is 1.38. The van der Waals surface area contributed by atoms with E-state index in [9.17, 15) is 4.79 Å². The van der Waals surface area contributed by atoms with Gasteiger partial charge in [0.25, 0.3) is 0 Å². The summed E-state index contributed by atoms with van der Waals surface area (Å²) >= 11 is 0. The summed E-state index contributed by atoms with van der Waals surface area (Å²) in [6.07, 6.45) is 5.42. The first-order valence-corrected chi connectivity index (χ1v) is 4.74. The van der Waals surface area contributed by atoms with Crippen LogP contribution in [0.4, 0.5) is 0 Å². The molecule has 0 radical (unpaired) electrons. The molecule has 0 aromatic rings. The molecule has 1 saturated carbocycles. The van der Waals surface area contributed by atoms with E-state index in [1.807, 2.05) is 0 Å². The molecule has 1 amide bonds. The van der Waals surface area contributed by atoms with E-state index in [0.717, 1.165) is 12.5 Å². The standard InChI is InChI=1S/C9H18N2O/c1-10-9(12)7-11-6-5-8-3-2-4-8/h8,11H,2-7H2,1H3,(H,10,12). The number of hydrogen-bond donors (Lipinski definition) is 2. The molecule has 0 heterocycles. The Morgan fingerprint density at radius 1 is 1.50 bits per heavy atom. The lowest BCUT2D eigenvalue weighted by molar-refractivity contribution is -0.119. The number of carbonyl (C=O) groups is 1. The molecule has 1 rings (SSSR count). The van der Waals surface area contributed by atoms with Crippen molar-refractivity contribution in [3.63, 3.8) is 0 Å². The summed E-state index contributed by atoms with van der Waals surface area (Å²) in [6.45, 7) is 1.45. The Hall–Kier alpha value is -0.570. The first kappa shape index (κ1) is 9.52. The van der Waals surface area contributed by atoms with E-state index in [1.54, 1.807) is 7.05 Å². The molecule has 3 heteroatoms. The van der Waals surface area contributed by atoms with Gasteiger partial charge in [-0.15, -0.1) is 0 Å². The zero-order chi connectivity index (χ0) is 8.81. The normalized spacial score (nSPS) is 17.1. The van der Waals surface area contributed by atoms with Crippen LogP contribution in [0.3, 0.4) is 0 Å². The quantitative estimate of drug-likeness (QED) is 0.590. The predicted octanol–water partition coefficient (Wildman–Crippen LogP) is 0.512. The van der Waals surface area contributed by atoms with Crippen molar-refractivity contribution in [2.24, 2.45) is 5.92 Å². The van der Waals surface area contributed by atoms with Crippen LogP contribution in [0.5, 0.6) is 0 Å². The molecule has 2 N–H and O–H groups in total. The van der Waals surface area contributed by atoms with Crippen molar-refractivity contribution in [2.45, 2.75) is 25.7 Å². The van der Waals surface area contributed by atoms with E-state index in [1.165, 1.54) is 25.7 Å². The maximum Gasteiger partial charge on any atom is 0.233 e. The van der Waals surface area contributed by atoms with Gasteiger partial charge in [-0.3, -0.25) is 4.79 Å². The van der Waals surface area contributed by atoms with Crippen LogP contribution in [0.1, 0.15) is 25.7 Å². The molecule has 0 unspecified atom stereocenters. The van der Waals surface area contributed by atoms with E-state index in [0.29, 0.717) is 6.54 Å². The second kappa shape index (κ2) is 5.14. The van der Waals surface area contributed by atoms with E-state index >= 15 is 0 Å². The molecular formula is C9H18N2O. The van der Waals surface area contributed by atoms with Crippen LogP contribution in [-0.4, -0.2) is 26.0 Å². The summed E-state index contributed by atoms with van der Waals surface area (Å²) in [7, 11) is 1.66. The van der Waals surface area contributed by atoms with E-state index in [2.05, 4.69) is 10.6 Å². The Balaban J connectivity index is 1.85. The zero-order valence-corrected chi connectivity index (χ0v) is 7.73. The van der Waals surface area contributed by atoms with Gasteiger partial charge in [0.15, 0.2) is 0 Å². The molecule has 0 aliphatic heterocycles. The third-order valence-corrected chi connectivity index (χ3v) is 2.52. The van der Waals surface area contributed by atoms with Gasteiger partial charge in [-0.05, 0) is 18.9 Å². The van der Waals surface area contributed by atoms with Crippen LogP contribution in [0.2, 0.25) is 0 Å².